The van der Waals surface area contributed by atoms with Crippen LogP contribution in [0, 0.1) is 0 Å². The maximum Gasteiger partial charge on any atom is 0.490 e. The quantitative estimate of drug-likeness (QED) is 0.0568. The number of carboxylic acids is 1. The van der Waals surface area contributed by atoms with E-state index < -0.39 is 28.4 Å². The highest BCUT2D eigenvalue weighted by Gasteiger charge is 2.52. The first-order chi connectivity index (χ1) is 51.0. The van der Waals surface area contributed by atoms with Crippen LogP contribution in [0.2, 0.25) is 0 Å². The molecular formula is C79H110BBr2N9O18. The first kappa shape index (κ1) is 91.2. The van der Waals surface area contributed by atoms with E-state index in [0.29, 0.717) is 85.2 Å². The summed E-state index contributed by atoms with van der Waals surface area (Å²) in [5, 5.41) is 17.9. The van der Waals surface area contributed by atoms with Gasteiger partial charge < -0.3 is 72.3 Å². The van der Waals surface area contributed by atoms with Gasteiger partial charge in [-0.15, -0.1) is 0 Å². The molecule has 0 radical (unpaired) electrons. The molecule has 109 heavy (non-hydrogen) atoms. The second-order valence-electron chi connectivity index (χ2n) is 31.0. The second-order valence-corrected chi connectivity index (χ2v) is 32.5. The molecule has 0 spiro atoms. The van der Waals surface area contributed by atoms with Gasteiger partial charge >= 0.3 is 49.4 Å². The summed E-state index contributed by atoms with van der Waals surface area (Å²) in [6, 6.07) is 17.5. The summed E-state index contributed by atoms with van der Waals surface area (Å²) >= 11 is 6.13. The van der Waals surface area contributed by atoms with Crippen LogP contribution in [0.5, 0.6) is 0 Å². The smallest absolute Gasteiger partial charge is 0.478 e. The molecule has 10 heterocycles. The Morgan fingerprint density at radius 2 is 0.872 bits per heavy atom. The lowest BCUT2D eigenvalue weighted by Crippen LogP contribution is -2.41. The lowest BCUT2D eigenvalue weighted by Gasteiger charge is -2.33. The zero-order valence-corrected chi connectivity index (χ0v) is 69.7. The fourth-order valence-corrected chi connectivity index (χ4v) is 12.1. The Bertz CT molecular complexity index is 3890. The molecule has 0 atom stereocenters. The van der Waals surface area contributed by atoms with Crippen molar-refractivity contribution in [1.82, 2.24) is 44.5 Å². The average molecular weight is 1640 g/mol. The van der Waals surface area contributed by atoms with Crippen LogP contribution < -0.4 is 0 Å². The number of ether oxygens (including phenoxy) is 7. The van der Waals surface area contributed by atoms with Crippen LogP contribution in [0.4, 0.5) is 19.2 Å². The average Bonchev–Trinajstić information content (AvgIpc) is 1.63. The summed E-state index contributed by atoms with van der Waals surface area (Å²) in [5.74, 6) is -1.29. The minimum absolute atomic E-state index is 0.00938. The van der Waals surface area contributed by atoms with Crippen molar-refractivity contribution >= 4 is 86.8 Å². The maximum absolute atomic E-state index is 12.1. The summed E-state index contributed by atoms with van der Waals surface area (Å²) in [4.78, 5) is 109. The van der Waals surface area contributed by atoms with E-state index >= 15 is 0 Å². The van der Waals surface area contributed by atoms with Crippen molar-refractivity contribution in [3.8, 4) is 0 Å². The van der Waals surface area contributed by atoms with Gasteiger partial charge in [-0.3, -0.25) is 15.0 Å². The number of hydrogen-bond acceptors (Lipinski definition) is 22. The standard InChI is InChI=1S/C17H24N2O4.C17H24N2O3.C16H28BNO4.C16H24N2O3.C7H6BrNO2.C6H4BrNO2/c1-17(2,3)23-16(21)19-10-7-12(8-11-19)14-13(15(20)22-4)6-5-9-18-14;1-17(2,3)22-16(20)19-10-7-13(8-11-19)15-14(12-21-4)6-5-9-18-15;1-14(2,3)20-13(19)18-10-8-12(9-11-18)17-21-15(4,5)16(6,7)22-17;1-16(2,3)21-15(20)18-9-6-12(7-10-18)14-13(11-19)5-4-8-17-14;1-11-7(10)5-3-2-4-9-6(5)8;7-5-4(6(9)10)2-1-3-8-5/h5-6,9,12H,7-8,10-11H2,1-4H3;5-7,9H,8,10-12H2,1-4H3;8H,9-11H2,1-7H3;4-5,8,12,19H,6-7,9-11H2,1-3H3;2-4H,1H3;1-3H,(H,9,10). The predicted octanol–water partition coefficient (Wildman–Crippen LogP) is 15.3. The molecule has 30 heteroatoms. The van der Waals surface area contributed by atoms with Crippen LogP contribution >= 0.6 is 31.9 Å². The van der Waals surface area contributed by atoms with E-state index in [-0.39, 0.29) is 72.7 Å². The summed E-state index contributed by atoms with van der Waals surface area (Å²) in [6.45, 7) is 36.1. The molecule has 3 fully saturated rings. The van der Waals surface area contributed by atoms with Gasteiger partial charge in [0.05, 0.1) is 66.7 Å². The lowest BCUT2D eigenvalue weighted by atomic mass is 9.75. The number of hydrogen-bond donors (Lipinski definition) is 2. The van der Waals surface area contributed by atoms with E-state index in [1.807, 2.05) is 141 Å². The number of pyridine rings is 5. The van der Waals surface area contributed by atoms with Gasteiger partial charge in [0.25, 0.3) is 0 Å². The minimum Gasteiger partial charge on any atom is -0.478 e. The van der Waals surface area contributed by atoms with Crippen molar-refractivity contribution < 1.29 is 86.2 Å². The Kier molecular flexibility index (Phi) is 34.8. The Labute approximate surface area is 658 Å². The number of carboxylic acid groups (broad SMARTS) is 1. The van der Waals surface area contributed by atoms with Crippen LogP contribution in [0.15, 0.2) is 118 Å². The second kappa shape index (κ2) is 41.6. The van der Waals surface area contributed by atoms with Gasteiger partial charge in [0.2, 0.25) is 0 Å². The Hall–Kier alpha value is -8.42. The molecule has 0 aliphatic carbocycles. The van der Waals surface area contributed by atoms with Gasteiger partial charge in [0.15, 0.2) is 0 Å². The summed E-state index contributed by atoms with van der Waals surface area (Å²) in [5.41, 5.74) is 5.48. The molecule has 5 aromatic rings. The first-order valence-corrected chi connectivity index (χ1v) is 37.8. The number of esters is 2. The van der Waals surface area contributed by atoms with Crippen molar-refractivity contribution in [3.05, 3.63) is 163 Å². The lowest BCUT2D eigenvalue weighted by molar-refractivity contribution is 0.00578. The van der Waals surface area contributed by atoms with Crippen LogP contribution in [0.1, 0.15) is 220 Å². The molecule has 3 saturated heterocycles. The molecule has 4 amide bonds. The highest BCUT2D eigenvalue weighted by Crippen LogP contribution is 2.40. The van der Waals surface area contributed by atoms with E-state index in [4.69, 9.17) is 42.8 Å². The third kappa shape index (κ3) is 29.7. The molecule has 27 nitrogen and oxygen atoms in total. The van der Waals surface area contributed by atoms with Crippen LogP contribution in [0.3, 0.4) is 0 Å². The largest absolute Gasteiger partial charge is 0.490 e. The molecule has 5 aromatic heterocycles. The molecule has 5 aliphatic heterocycles. The number of nitrogens with zero attached hydrogens (tertiary/aromatic N) is 9. The van der Waals surface area contributed by atoms with Crippen LogP contribution in [-0.2, 0) is 55.7 Å². The highest BCUT2D eigenvalue weighted by atomic mass is 79.9. The number of aliphatic hydroxyl groups is 1. The van der Waals surface area contributed by atoms with Crippen molar-refractivity contribution in [2.75, 3.05) is 73.7 Å². The SMILES string of the molecule is CC(C)(C)OC(=O)N1CC=C(B2OC(C)(C)C(C)(C)O2)CC1.CC(C)(C)OC(=O)N1CCC(c2ncccc2CO)CC1.COC(=O)c1cccnc1Br.COC(=O)c1cccnc1C1CCN(C(=O)OC(C)(C)C)CC1.COCc1cccnc1C1=CCN(C(=O)OC(C)(C)C)CC1.O=C(O)c1cccnc1Br. The Balaban J connectivity index is 0.000000239. The van der Waals surface area contributed by atoms with E-state index in [0.717, 1.165) is 77.8 Å². The predicted molar refractivity (Wildman–Crippen MR) is 419 cm³/mol. The molecule has 0 saturated carbocycles. The molecular weight excluding hydrogens is 1530 g/mol. The molecule has 0 aromatic carbocycles. The van der Waals surface area contributed by atoms with Crippen LogP contribution in [-0.4, -0.2) is 211 Å². The van der Waals surface area contributed by atoms with Gasteiger partial charge in [-0.2, -0.15) is 0 Å². The Morgan fingerprint density at radius 1 is 0.495 bits per heavy atom. The number of aromatic nitrogens is 5. The zero-order valence-electron chi connectivity index (χ0n) is 66.6. The molecule has 0 bridgehead atoms. The van der Waals surface area contributed by atoms with Gasteiger partial charge in [-0.05, 0) is 246 Å². The first-order valence-electron chi connectivity index (χ1n) is 36.2. The molecule has 596 valence electrons. The number of aromatic carboxylic acids is 1. The zero-order chi connectivity index (χ0) is 81.2. The normalized spacial score (nSPS) is 16.4. The fraction of sp³-hybridized carbons (Fsp3) is 0.544. The Morgan fingerprint density at radius 3 is 1.26 bits per heavy atom. The summed E-state index contributed by atoms with van der Waals surface area (Å²) in [6.07, 6.45) is 16.1. The van der Waals surface area contributed by atoms with Gasteiger partial charge in [0.1, 0.15) is 31.6 Å². The number of carbonyl (C=O) groups is 7. The summed E-state index contributed by atoms with van der Waals surface area (Å²) < 4.78 is 49.1. The number of piperidine rings is 2. The van der Waals surface area contributed by atoms with Crippen LogP contribution in [0.25, 0.3) is 5.57 Å². The van der Waals surface area contributed by atoms with Crippen molar-refractivity contribution in [2.45, 2.75) is 208 Å². The highest BCUT2D eigenvalue weighted by molar-refractivity contribution is 9.10. The molecule has 5 aliphatic rings. The third-order valence-electron chi connectivity index (χ3n) is 17.4. The van der Waals surface area contributed by atoms with E-state index in [1.165, 1.54) is 26.5 Å². The number of likely N-dealkylation sites (tertiary alicyclic amines) is 2. The van der Waals surface area contributed by atoms with Gasteiger partial charge in [-0.25, -0.2) is 43.5 Å². The fourth-order valence-electron chi connectivity index (χ4n) is 11.3. The monoisotopic (exact) mass is 1640 g/mol. The van der Waals surface area contributed by atoms with E-state index in [2.05, 4.69) is 67.6 Å². The van der Waals surface area contributed by atoms with E-state index in [9.17, 15) is 38.7 Å². The van der Waals surface area contributed by atoms with Crippen molar-refractivity contribution in [3.63, 3.8) is 0 Å². The van der Waals surface area contributed by atoms with Crippen molar-refractivity contribution in [2.24, 2.45) is 0 Å². The number of halogens is 2. The van der Waals surface area contributed by atoms with Crippen molar-refractivity contribution in [1.29, 1.82) is 0 Å². The number of carbonyl (C=O) groups excluding carboxylic acids is 6. The molecule has 2 N–H and O–H groups in total. The number of methoxy groups -OCH3 is 3. The minimum atomic E-state index is -0.972. The maximum atomic E-state index is 12.1. The van der Waals surface area contributed by atoms with Gasteiger partial charge in [0, 0.05) is 114 Å². The van der Waals surface area contributed by atoms with E-state index in [1.54, 1.807) is 81.8 Å². The number of rotatable bonds is 10. The molecule has 10 rings (SSSR count). The summed E-state index contributed by atoms with van der Waals surface area (Å²) in [7, 11) is 4.06. The van der Waals surface area contributed by atoms with Gasteiger partial charge in [-0.1, -0.05) is 24.3 Å². The number of amides is 4. The third-order valence-corrected chi connectivity index (χ3v) is 18.6. The molecule has 0 unspecified atom stereocenters. The number of aliphatic hydroxyl groups excluding tert-OH is 1. The topological polar surface area (TPSA) is 320 Å².